The predicted octanol–water partition coefficient (Wildman–Crippen LogP) is 0.783. The molecule has 0 aliphatic carbocycles. The van der Waals surface area contributed by atoms with E-state index in [2.05, 4.69) is 4.72 Å². The van der Waals surface area contributed by atoms with E-state index in [0.717, 1.165) is 12.1 Å². The van der Waals surface area contributed by atoms with Gasteiger partial charge < -0.3 is 5.11 Å². The van der Waals surface area contributed by atoms with Gasteiger partial charge in [-0.2, -0.15) is 4.39 Å². The molecular weight excluding hydrogens is 279 g/mol. The molecule has 0 aromatic heterocycles. The summed E-state index contributed by atoms with van der Waals surface area (Å²) in [5, 5.41) is 19.4. The van der Waals surface area contributed by atoms with E-state index >= 15 is 0 Å². The Hall–Kier alpha value is -1.58. The van der Waals surface area contributed by atoms with Gasteiger partial charge in [-0.3, -0.25) is 10.1 Å². The summed E-state index contributed by atoms with van der Waals surface area (Å²) in [5.41, 5.74) is -1.93. The molecule has 2 N–H and O–H groups in total. The highest BCUT2D eigenvalue weighted by atomic mass is 32.2. The van der Waals surface area contributed by atoms with E-state index in [1.54, 1.807) is 0 Å². The molecule has 0 heterocycles. The Morgan fingerprint density at radius 3 is 2.47 bits per heavy atom. The van der Waals surface area contributed by atoms with Gasteiger partial charge in [0.1, 0.15) is 0 Å². The van der Waals surface area contributed by atoms with Gasteiger partial charge in [0, 0.05) is 12.1 Å². The number of nitrogens with zero attached hydrogens (tertiary/aromatic N) is 1. The minimum atomic E-state index is -4.07. The van der Waals surface area contributed by atoms with Crippen molar-refractivity contribution in [2.45, 2.75) is 24.3 Å². The van der Waals surface area contributed by atoms with Crippen molar-refractivity contribution >= 4 is 15.7 Å². The van der Waals surface area contributed by atoms with Gasteiger partial charge >= 0.3 is 5.69 Å². The number of nitro groups is 1. The van der Waals surface area contributed by atoms with Gasteiger partial charge in [0.2, 0.25) is 15.8 Å². The van der Waals surface area contributed by atoms with E-state index in [4.69, 9.17) is 5.11 Å². The zero-order valence-corrected chi connectivity index (χ0v) is 11.1. The maximum absolute atomic E-state index is 13.4. The molecule has 0 atom stereocenters. The Kier molecular flexibility index (Phi) is 4.23. The summed E-state index contributed by atoms with van der Waals surface area (Å²) in [4.78, 5) is 9.03. The largest absolute Gasteiger partial charge is 0.394 e. The van der Waals surface area contributed by atoms with E-state index in [1.165, 1.54) is 13.8 Å². The molecule has 1 rings (SSSR count). The quantitative estimate of drug-likeness (QED) is 0.615. The van der Waals surface area contributed by atoms with Crippen molar-refractivity contribution in [3.8, 4) is 0 Å². The minimum Gasteiger partial charge on any atom is -0.394 e. The maximum Gasteiger partial charge on any atom is 0.304 e. The van der Waals surface area contributed by atoms with E-state index in [1.807, 2.05) is 0 Å². The predicted molar refractivity (Wildman–Crippen MR) is 64.5 cm³/mol. The zero-order chi connectivity index (χ0) is 14.8. The van der Waals surface area contributed by atoms with Crippen LogP contribution in [0.15, 0.2) is 23.1 Å². The number of aliphatic hydroxyl groups excluding tert-OH is 1. The molecule has 0 saturated heterocycles. The molecule has 0 spiro atoms. The van der Waals surface area contributed by atoms with Gasteiger partial charge in [0.15, 0.2) is 0 Å². The average Bonchev–Trinajstić information content (AvgIpc) is 2.27. The molecule has 1 aromatic rings. The number of hydrogen-bond acceptors (Lipinski definition) is 5. The lowest BCUT2D eigenvalue weighted by Gasteiger charge is -2.23. The highest BCUT2D eigenvalue weighted by Gasteiger charge is 2.27. The molecule has 106 valence electrons. The van der Waals surface area contributed by atoms with Crippen LogP contribution in [0.4, 0.5) is 10.1 Å². The fourth-order valence-corrected chi connectivity index (χ4v) is 2.67. The minimum absolute atomic E-state index is 0.447. The maximum atomic E-state index is 13.4. The molecule has 9 heteroatoms. The summed E-state index contributed by atoms with van der Waals surface area (Å²) >= 11 is 0. The summed E-state index contributed by atoms with van der Waals surface area (Å²) < 4.78 is 39.3. The van der Waals surface area contributed by atoms with Crippen LogP contribution >= 0.6 is 0 Å². The van der Waals surface area contributed by atoms with Crippen molar-refractivity contribution in [3.63, 3.8) is 0 Å². The van der Waals surface area contributed by atoms with E-state index in [0.29, 0.717) is 6.07 Å². The van der Waals surface area contributed by atoms with E-state index in [-0.39, 0.29) is 0 Å². The fourth-order valence-electron chi connectivity index (χ4n) is 1.26. The smallest absolute Gasteiger partial charge is 0.304 e. The first kappa shape index (κ1) is 15.5. The third-order valence-corrected chi connectivity index (χ3v) is 3.93. The molecule has 0 fully saturated rings. The fraction of sp³-hybridized carbons (Fsp3) is 0.400. The third-order valence-electron chi connectivity index (χ3n) is 2.23. The lowest BCUT2D eigenvalue weighted by molar-refractivity contribution is -0.387. The number of rotatable bonds is 5. The topological polar surface area (TPSA) is 110 Å². The molecule has 0 saturated carbocycles. The Bertz CT molecular complexity index is 600. The molecule has 0 aliphatic heterocycles. The summed E-state index contributed by atoms with van der Waals surface area (Å²) in [5.74, 6) is -1.24. The van der Waals surface area contributed by atoms with Crippen molar-refractivity contribution in [2.75, 3.05) is 6.61 Å². The second kappa shape index (κ2) is 5.19. The molecule has 1 aromatic carbocycles. The first-order valence-electron chi connectivity index (χ1n) is 5.18. The standard InChI is InChI=1S/C10H13FN2O5S/c1-10(2,6-14)12-19(17,18)7-3-4-9(13(15)16)8(11)5-7/h3-5,12,14H,6H2,1-2H3. The number of benzene rings is 1. The number of aliphatic hydroxyl groups is 1. The van der Waals surface area contributed by atoms with E-state index < -0.39 is 43.5 Å². The van der Waals surface area contributed by atoms with Crippen molar-refractivity contribution in [2.24, 2.45) is 0 Å². The van der Waals surface area contributed by atoms with Crippen molar-refractivity contribution in [1.82, 2.24) is 4.72 Å². The highest BCUT2D eigenvalue weighted by molar-refractivity contribution is 7.89. The van der Waals surface area contributed by atoms with Crippen LogP contribution in [-0.2, 0) is 10.0 Å². The highest BCUT2D eigenvalue weighted by Crippen LogP contribution is 2.21. The van der Waals surface area contributed by atoms with Crippen LogP contribution in [0.5, 0.6) is 0 Å². The molecule has 0 aliphatic rings. The molecule has 7 nitrogen and oxygen atoms in total. The lowest BCUT2D eigenvalue weighted by atomic mass is 10.1. The summed E-state index contributed by atoms with van der Waals surface area (Å²) in [6, 6.07) is 2.26. The second-order valence-electron chi connectivity index (χ2n) is 4.52. The van der Waals surface area contributed by atoms with E-state index in [9.17, 15) is 22.9 Å². The Labute approximate surface area is 109 Å². The number of sulfonamides is 1. The molecule has 19 heavy (non-hydrogen) atoms. The number of nitrogens with one attached hydrogen (secondary N) is 1. The summed E-state index contributed by atoms with van der Waals surface area (Å²) in [6.07, 6.45) is 0. The van der Waals surface area contributed by atoms with Crippen molar-refractivity contribution in [1.29, 1.82) is 0 Å². The van der Waals surface area contributed by atoms with Crippen LogP contribution in [0, 0.1) is 15.9 Å². The Morgan fingerprint density at radius 1 is 1.47 bits per heavy atom. The zero-order valence-electron chi connectivity index (χ0n) is 10.3. The van der Waals surface area contributed by atoms with Crippen molar-refractivity contribution in [3.05, 3.63) is 34.1 Å². The number of hydrogen-bond donors (Lipinski definition) is 2. The normalized spacial score (nSPS) is 12.4. The van der Waals surface area contributed by atoms with Crippen LogP contribution in [-0.4, -0.2) is 30.6 Å². The molecule has 0 radical (unpaired) electrons. The van der Waals surface area contributed by atoms with Gasteiger partial charge in [-0.25, -0.2) is 13.1 Å². The van der Waals surface area contributed by atoms with Crippen molar-refractivity contribution < 1.29 is 22.8 Å². The molecule has 0 amide bonds. The number of halogens is 1. The van der Waals surface area contributed by atoms with Gasteiger partial charge in [-0.05, 0) is 19.9 Å². The van der Waals surface area contributed by atoms with Crippen LogP contribution in [0.25, 0.3) is 0 Å². The summed E-state index contributed by atoms with van der Waals surface area (Å²) in [6.45, 7) is 2.42. The number of nitro benzene ring substituents is 1. The van der Waals surface area contributed by atoms with Gasteiger partial charge in [0.25, 0.3) is 0 Å². The molecule has 0 unspecified atom stereocenters. The lowest BCUT2D eigenvalue weighted by Crippen LogP contribution is -2.46. The monoisotopic (exact) mass is 292 g/mol. The second-order valence-corrected chi connectivity index (χ2v) is 6.20. The van der Waals surface area contributed by atoms with Crippen LogP contribution in [0.3, 0.4) is 0 Å². The van der Waals surface area contributed by atoms with Crippen LogP contribution in [0.1, 0.15) is 13.8 Å². The first-order valence-corrected chi connectivity index (χ1v) is 6.66. The average molecular weight is 292 g/mol. The SMILES string of the molecule is CC(C)(CO)NS(=O)(=O)c1ccc([N+](=O)[O-])c(F)c1. The summed E-state index contributed by atoms with van der Waals surface area (Å²) in [7, 11) is -4.07. The van der Waals surface area contributed by atoms with Gasteiger partial charge in [0.05, 0.1) is 22.0 Å². The Morgan fingerprint density at radius 2 is 2.05 bits per heavy atom. The van der Waals surface area contributed by atoms with Gasteiger partial charge in [-0.15, -0.1) is 0 Å². The Balaban J connectivity index is 3.17. The van der Waals surface area contributed by atoms with Crippen LogP contribution in [0.2, 0.25) is 0 Å². The first-order chi connectivity index (χ1) is 8.59. The van der Waals surface area contributed by atoms with Crippen LogP contribution < -0.4 is 4.72 Å². The molecular formula is C10H13FN2O5S. The molecule has 0 bridgehead atoms. The third kappa shape index (κ3) is 3.69. The van der Waals surface area contributed by atoms with Gasteiger partial charge in [-0.1, -0.05) is 0 Å².